The average molecular weight is 461 g/mol. The summed E-state index contributed by atoms with van der Waals surface area (Å²) in [5.74, 6) is -0.0138. The number of fused-ring (bicyclic) bond motifs is 1. The van der Waals surface area contributed by atoms with Crippen molar-refractivity contribution in [3.63, 3.8) is 0 Å². The second-order valence-electron chi connectivity index (χ2n) is 8.01. The van der Waals surface area contributed by atoms with Gasteiger partial charge in [0, 0.05) is 11.1 Å². The van der Waals surface area contributed by atoms with Crippen molar-refractivity contribution in [1.29, 1.82) is 0 Å². The molecule has 3 aromatic carbocycles. The van der Waals surface area contributed by atoms with Crippen LogP contribution in [0.25, 0.3) is 22.1 Å². The molecule has 0 N–H and O–H groups in total. The molecule has 4 rings (SSSR count). The third-order valence-corrected chi connectivity index (χ3v) is 5.87. The van der Waals surface area contributed by atoms with Crippen molar-refractivity contribution >= 4 is 28.5 Å². The van der Waals surface area contributed by atoms with Crippen LogP contribution in [0.15, 0.2) is 82.2 Å². The highest BCUT2D eigenvalue weighted by atomic mass is 35.5. The van der Waals surface area contributed by atoms with Crippen LogP contribution in [0.2, 0.25) is 5.02 Å². The SMILES string of the molecule is CCCCCCc1cc2c(=O)c(-c3ccc(Cl)cc3)coc2cc1OC(=O)c1ccccc1. The minimum atomic E-state index is -0.440. The molecular weight excluding hydrogens is 436 g/mol. The molecule has 168 valence electrons. The lowest BCUT2D eigenvalue weighted by Gasteiger charge is -2.12. The number of aryl methyl sites for hydroxylation is 1. The largest absolute Gasteiger partial charge is 0.463 e. The van der Waals surface area contributed by atoms with Crippen LogP contribution in [-0.4, -0.2) is 5.97 Å². The summed E-state index contributed by atoms with van der Waals surface area (Å²) in [6.07, 6.45) is 6.42. The van der Waals surface area contributed by atoms with Gasteiger partial charge in [-0.15, -0.1) is 0 Å². The Morgan fingerprint density at radius 1 is 0.970 bits per heavy atom. The van der Waals surface area contributed by atoms with E-state index in [9.17, 15) is 9.59 Å². The lowest BCUT2D eigenvalue weighted by atomic mass is 10.0. The first-order chi connectivity index (χ1) is 16.1. The van der Waals surface area contributed by atoms with E-state index in [0.29, 0.717) is 39.3 Å². The van der Waals surface area contributed by atoms with E-state index in [1.807, 2.05) is 6.07 Å². The van der Waals surface area contributed by atoms with Crippen molar-refractivity contribution in [3.05, 3.63) is 99.4 Å². The van der Waals surface area contributed by atoms with Crippen LogP contribution in [0, 0.1) is 0 Å². The van der Waals surface area contributed by atoms with Gasteiger partial charge in [-0.05, 0) is 54.3 Å². The second-order valence-corrected chi connectivity index (χ2v) is 8.44. The summed E-state index contributed by atoms with van der Waals surface area (Å²) < 4.78 is 11.6. The lowest BCUT2D eigenvalue weighted by Crippen LogP contribution is -2.11. The fourth-order valence-electron chi connectivity index (χ4n) is 3.80. The Balaban J connectivity index is 1.74. The van der Waals surface area contributed by atoms with E-state index < -0.39 is 5.97 Å². The number of hydrogen-bond acceptors (Lipinski definition) is 4. The van der Waals surface area contributed by atoms with Crippen LogP contribution in [0.5, 0.6) is 5.75 Å². The first-order valence-electron chi connectivity index (χ1n) is 11.2. The zero-order valence-electron chi connectivity index (χ0n) is 18.5. The summed E-state index contributed by atoms with van der Waals surface area (Å²) in [4.78, 5) is 26.0. The van der Waals surface area contributed by atoms with Gasteiger partial charge in [0.2, 0.25) is 5.43 Å². The summed E-state index contributed by atoms with van der Waals surface area (Å²) in [7, 11) is 0. The summed E-state index contributed by atoms with van der Waals surface area (Å²) in [5.41, 5.74) is 2.74. The Hall–Kier alpha value is -3.37. The minimum Gasteiger partial charge on any atom is -0.463 e. The van der Waals surface area contributed by atoms with Gasteiger partial charge in [-0.2, -0.15) is 0 Å². The van der Waals surface area contributed by atoms with E-state index in [1.54, 1.807) is 60.7 Å². The molecule has 0 bridgehead atoms. The molecule has 0 aliphatic carbocycles. The molecule has 33 heavy (non-hydrogen) atoms. The molecule has 0 amide bonds. The number of unbranched alkanes of at least 4 members (excludes halogenated alkanes) is 3. The fourth-order valence-corrected chi connectivity index (χ4v) is 3.92. The molecule has 0 fully saturated rings. The Morgan fingerprint density at radius 2 is 1.73 bits per heavy atom. The van der Waals surface area contributed by atoms with Crippen molar-refractivity contribution in [2.24, 2.45) is 0 Å². The van der Waals surface area contributed by atoms with Gasteiger partial charge in [-0.3, -0.25) is 4.79 Å². The highest BCUT2D eigenvalue weighted by Gasteiger charge is 2.17. The maximum Gasteiger partial charge on any atom is 0.343 e. The molecule has 0 atom stereocenters. The molecule has 1 heterocycles. The maximum absolute atomic E-state index is 13.3. The van der Waals surface area contributed by atoms with E-state index in [0.717, 1.165) is 36.8 Å². The number of halogens is 1. The Bertz CT molecular complexity index is 1310. The zero-order valence-corrected chi connectivity index (χ0v) is 19.2. The predicted octanol–water partition coefficient (Wildman–Crippen LogP) is 7.46. The van der Waals surface area contributed by atoms with E-state index in [4.69, 9.17) is 20.8 Å². The van der Waals surface area contributed by atoms with Crippen LogP contribution in [0.4, 0.5) is 0 Å². The molecule has 0 spiro atoms. The molecule has 5 heteroatoms. The van der Waals surface area contributed by atoms with Crippen molar-refractivity contribution in [2.75, 3.05) is 0 Å². The second kappa shape index (κ2) is 10.5. The van der Waals surface area contributed by atoms with Crippen LogP contribution < -0.4 is 10.2 Å². The Morgan fingerprint density at radius 3 is 2.45 bits per heavy atom. The normalized spacial score (nSPS) is 11.0. The zero-order chi connectivity index (χ0) is 23.2. The summed E-state index contributed by atoms with van der Waals surface area (Å²) >= 11 is 5.99. The van der Waals surface area contributed by atoms with E-state index in [-0.39, 0.29) is 5.43 Å². The van der Waals surface area contributed by atoms with Gasteiger partial charge in [-0.1, -0.05) is 68.1 Å². The smallest absolute Gasteiger partial charge is 0.343 e. The van der Waals surface area contributed by atoms with Crippen LogP contribution in [-0.2, 0) is 6.42 Å². The van der Waals surface area contributed by atoms with Gasteiger partial charge in [0.05, 0.1) is 16.5 Å². The number of esters is 1. The average Bonchev–Trinajstić information content (AvgIpc) is 2.84. The standard InChI is InChI=1S/C28H25ClO4/c1-2-3-4-6-11-21-16-23-26(17-25(21)33-28(31)20-9-7-5-8-10-20)32-18-24(27(23)30)19-12-14-22(29)15-13-19/h5,7-10,12-18H,2-4,6,11H2,1H3. The number of benzene rings is 3. The molecule has 0 aliphatic rings. The van der Waals surface area contributed by atoms with E-state index >= 15 is 0 Å². The summed E-state index contributed by atoms with van der Waals surface area (Å²) in [6, 6.07) is 19.4. The first kappa shape index (κ1) is 22.8. The molecule has 0 unspecified atom stereocenters. The molecule has 0 saturated heterocycles. The quantitative estimate of drug-likeness (QED) is 0.155. The van der Waals surface area contributed by atoms with Gasteiger partial charge in [0.15, 0.2) is 0 Å². The minimum absolute atomic E-state index is 0.130. The van der Waals surface area contributed by atoms with E-state index in [2.05, 4.69) is 6.92 Å². The number of rotatable bonds is 8. The number of hydrogen-bond donors (Lipinski definition) is 0. The summed E-state index contributed by atoms with van der Waals surface area (Å²) in [5, 5.41) is 1.07. The molecule has 0 saturated carbocycles. The molecule has 1 aromatic heterocycles. The summed E-state index contributed by atoms with van der Waals surface area (Å²) in [6.45, 7) is 2.16. The number of carbonyl (C=O) groups excluding carboxylic acids is 1. The van der Waals surface area contributed by atoms with Crippen LogP contribution in [0.3, 0.4) is 0 Å². The monoisotopic (exact) mass is 460 g/mol. The van der Waals surface area contributed by atoms with Gasteiger partial charge < -0.3 is 9.15 Å². The van der Waals surface area contributed by atoms with E-state index in [1.165, 1.54) is 6.26 Å². The maximum atomic E-state index is 13.3. The highest BCUT2D eigenvalue weighted by Crippen LogP contribution is 2.29. The van der Waals surface area contributed by atoms with Crippen molar-refractivity contribution in [3.8, 4) is 16.9 Å². The highest BCUT2D eigenvalue weighted by molar-refractivity contribution is 6.30. The van der Waals surface area contributed by atoms with Gasteiger partial charge in [0.1, 0.15) is 17.6 Å². The van der Waals surface area contributed by atoms with Crippen molar-refractivity contribution < 1.29 is 13.9 Å². The van der Waals surface area contributed by atoms with Gasteiger partial charge in [-0.25, -0.2) is 4.79 Å². The number of carbonyl (C=O) groups is 1. The Labute approximate surface area is 197 Å². The molecule has 4 nitrogen and oxygen atoms in total. The lowest BCUT2D eigenvalue weighted by molar-refractivity contribution is 0.0733. The fraction of sp³-hybridized carbons (Fsp3) is 0.214. The van der Waals surface area contributed by atoms with Crippen LogP contribution in [0.1, 0.15) is 48.5 Å². The van der Waals surface area contributed by atoms with Crippen molar-refractivity contribution in [1.82, 2.24) is 0 Å². The first-order valence-corrected chi connectivity index (χ1v) is 11.6. The Kier molecular flexibility index (Phi) is 7.26. The predicted molar refractivity (Wildman–Crippen MR) is 132 cm³/mol. The van der Waals surface area contributed by atoms with Gasteiger partial charge >= 0.3 is 5.97 Å². The molecule has 0 radical (unpaired) electrons. The topological polar surface area (TPSA) is 56.5 Å². The van der Waals surface area contributed by atoms with Crippen LogP contribution >= 0.6 is 11.6 Å². The molecule has 0 aliphatic heterocycles. The third-order valence-electron chi connectivity index (χ3n) is 5.62. The van der Waals surface area contributed by atoms with Gasteiger partial charge in [0.25, 0.3) is 0 Å². The third kappa shape index (κ3) is 5.35. The van der Waals surface area contributed by atoms with Crippen molar-refractivity contribution in [2.45, 2.75) is 39.0 Å². The molecule has 4 aromatic rings. The molecular formula is C28H25ClO4. The number of ether oxygens (including phenoxy) is 1.